The lowest BCUT2D eigenvalue weighted by Gasteiger charge is -2.20. The van der Waals surface area contributed by atoms with Gasteiger partial charge in [-0.05, 0) is 30.9 Å². The van der Waals surface area contributed by atoms with E-state index in [9.17, 15) is 4.79 Å². The molecule has 3 nitrogen and oxygen atoms in total. The molecule has 1 amide bonds. The van der Waals surface area contributed by atoms with Gasteiger partial charge in [-0.1, -0.05) is 31.9 Å². The van der Waals surface area contributed by atoms with E-state index in [2.05, 4.69) is 23.6 Å². The van der Waals surface area contributed by atoms with Crippen LogP contribution in [-0.4, -0.2) is 19.0 Å². The molecular weight excluding hydrogens is 224 g/mol. The number of nitrogens with one attached hydrogen (secondary N) is 2. The topological polar surface area (TPSA) is 41.1 Å². The summed E-state index contributed by atoms with van der Waals surface area (Å²) in [7, 11) is 0. The first-order valence-electron chi connectivity index (χ1n) is 6.97. The van der Waals surface area contributed by atoms with Gasteiger partial charge in [0, 0.05) is 13.1 Å². The number of rotatable bonds is 5. The van der Waals surface area contributed by atoms with Crippen LogP contribution < -0.4 is 10.6 Å². The Morgan fingerprint density at radius 1 is 1.39 bits per heavy atom. The molecule has 0 saturated heterocycles. The number of aryl methyl sites for hydroxylation is 1. The maximum atomic E-state index is 12.1. The smallest absolute Gasteiger partial charge is 0.253 e. The van der Waals surface area contributed by atoms with Crippen molar-refractivity contribution in [2.24, 2.45) is 0 Å². The average molecular weight is 246 g/mol. The van der Waals surface area contributed by atoms with Crippen LogP contribution in [0.15, 0.2) is 18.2 Å². The summed E-state index contributed by atoms with van der Waals surface area (Å²) in [5.74, 6) is 0.0531. The van der Waals surface area contributed by atoms with Crippen molar-refractivity contribution >= 4 is 11.6 Å². The molecule has 1 aliphatic rings. The predicted molar refractivity (Wildman–Crippen MR) is 75.1 cm³/mol. The molecule has 0 fully saturated rings. The third-order valence-corrected chi connectivity index (χ3v) is 3.39. The lowest BCUT2D eigenvalue weighted by atomic mass is 9.99. The van der Waals surface area contributed by atoms with E-state index in [0.29, 0.717) is 0 Å². The lowest BCUT2D eigenvalue weighted by molar-refractivity contribution is 0.0953. The number of hydrogen-bond donors (Lipinski definition) is 2. The molecule has 2 rings (SSSR count). The molecule has 1 aromatic rings. The van der Waals surface area contributed by atoms with Crippen molar-refractivity contribution in [1.82, 2.24) is 5.32 Å². The quantitative estimate of drug-likeness (QED) is 0.784. The summed E-state index contributed by atoms with van der Waals surface area (Å²) in [5.41, 5.74) is 3.10. The van der Waals surface area contributed by atoms with Crippen molar-refractivity contribution in [3.8, 4) is 0 Å². The van der Waals surface area contributed by atoms with Crippen LogP contribution in [0, 0.1) is 0 Å². The molecule has 0 aliphatic carbocycles. The maximum absolute atomic E-state index is 12.1. The molecule has 0 spiro atoms. The van der Waals surface area contributed by atoms with Crippen molar-refractivity contribution < 1.29 is 4.79 Å². The Bertz CT molecular complexity index is 415. The fraction of sp³-hybridized carbons (Fsp3) is 0.533. The van der Waals surface area contributed by atoms with Crippen LogP contribution >= 0.6 is 0 Å². The van der Waals surface area contributed by atoms with Gasteiger partial charge in [0.15, 0.2) is 0 Å². The SMILES string of the molecule is CCCCCNC(=O)c1cccc2c1NCCC2. The van der Waals surface area contributed by atoms with Gasteiger partial charge in [-0.15, -0.1) is 0 Å². The van der Waals surface area contributed by atoms with E-state index < -0.39 is 0 Å². The van der Waals surface area contributed by atoms with Gasteiger partial charge in [0.1, 0.15) is 0 Å². The molecule has 1 aromatic carbocycles. The van der Waals surface area contributed by atoms with E-state index in [4.69, 9.17) is 0 Å². The summed E-state index contributed by atoms with van der Waals surface area (Å²) in [6.45, 7) is 3.91. The zero-order chi connectivity index (χ0) is 12.8. The minimum absolute atomic E-state index is 0.0531. The van der Waals surface area contributed by atoms with Crippen LogP contribution in [0.4, 0.5) is 5.69 Å². The Kier molecular flexibility index (Phi) is 4.62. The van der Waals surface area contributed by atoms with E-state index >= 15 is 0 Å². The third kappa shape index (κ3) is 3.03. The van der Waals surface area contributed by atoms with E-state index in [1.165, 1.54) is 18.4 Å². The van der Waals surface area contributed by atoms with E-state index in [1.54, 1.807) is 0 Å². The number of hydrogen-bond acceptors (Lipinski definition) is 2. The number of para-hydroxylation sites is 1. The van der Waals surface area contributed by atoms with Gasteiger partial charge >= 0.3 is 0 Å². The monoisotopic (exact) mass is 246 g/mol. The van der Waals surface area contributed by atoms with Crippen LogP contribution in [0.3, 0.4) is 0 Å². The Balaban J connectivity index is 2.01. The largest absolute Gasteiger partial charge is 0.384 e. The summed E-state index contributed by atoms with van der Waals surface area (Å²) in [6.07, 6.45) is 5.63. The number of benzene rings is 1. The van der Waals surface area contributed by atoms with Crippen LogP contribution in [0.1, 0.15) is 48.5 Å². The molecule has 0 radical (unpaired) electrons. The van der Waals surface area contributed by atoms with E-state index in [1.807, 2.05) is 12.1 Å². The molecule has 0 unspecified atom stereocenters. The Morgan fingerprint density at radius 3 is 3.11 bits per heavy atom. The van der Waals surface area contributed by atoms with E-state index in [-0.39, 0.29) is 5.91 Å². The molecule has 0 atom stereocenters. The van der Waals surface area contributed by atoms with Crippen molar-refractivity contribution in [3.05, 3.63) is 29.3 Å². The summed E-state index contributed by atoms with van der Waals surface area (Å²) in [5, 5.41) is 6.36. The van der Waals surface area contributed by atoms with Crippen LogP contribution in [0.2, 0.25) is 0 Å². The van der Waals surface area contributed by atoms with Crippen molar-refractivity contribution in [3.63, 3.8) is 0 Å². The highest BCUT2D eigenvalue weighted by molar-refractivity contribution is 6.00. The standard InChI is InChI=1S/C15H22N2O/c1-2-3-4-10-17-15(18)13-9-5-7-12-8-6-11-16-14(12)13/h5,7,9,16H,2-4,6,8,10-11H2,1H3,(H,17,18). The molecule has 0 aromatic heterocycles. The van der Waals surface area contributed by atoms with Gasteiger partial charge in [-0.25, -0.2) is 0 Å². The fourth-order valence-corrected chi connectivity index (χ4v) is 2.37. The minimum atomic E-state index is 0.0531. The average Bonchev–Trinajstić information content (AvgIpc) is 2.43. The first-order valence-corrected chi connectivity index (χ1v) is 6.97. The highest BCUT2D eigenvalue weighted by Gasteiger charge is 2.16. The number of amides is 1. The number of carbonyl (C=O) groups excluding carboxylic acids is 1. The molecule has 1 heterocycles. The molecule has 18 heavy (non-hydrogen) atoms. The van der Waals surface area contributed by atoms with Gasteiger partial charge < -0.3 is 10.6 Å². The second kappa shape index (κ2) is 6.43. The van der Waals surface area contributed by atoms with Crippen LogP contribution in [0.5, 0.6) is 0 Å². The van der Waals surface area contributed by atoms with Gasteiger partial charge in [-0.3, -0.25) is 4.79 Å². The van der Waals surface area contributed by atoms with Gasteiger partial charge in [-0.2, -0.15) is 0 Å². The zero-order valence-corrected chi connectivity index (χ0v) is 11.1. The summed E-state index contributed by atoms with van der Waals surface area (Å²) in [4.78, 5) is 12.1. The Hall–Kier alpha value is -1.51. The van der Waals surface area contributed by atoms with Gasteiger partial charge in [0.2, 0.25) is 0 Å². The normalized spacial score (nSPS) is 13.6. The van der Waals surface area contributed by atoms with Gasteiger partial charge in [0.05, 0.1) is 11.3 Å². The highest BCUT2D eigenvalue weighted by atomic mass is 16.1. The number of anilines is 1. The number of fused-ring (bicyclic) bond motifs is 1. The lowest BCUT2D eigenvalue weighted by Crippen LogP contribution is -2.26. The number of carbonyl (C=O) groups is 1. The summed E-state index contributed by atoms with van der Waals surface area (Å²) < 4.78 is 0. The molecule has 3 heteroatoms. The molecule has 0 bridgehead atoms. The van der Waals surface area contributed by atoms with Gasteiger partial charge in [0.25, 0.3) is 5.91 Å². The zero-order valence-electron chi connectivity index (χ0n) is 11.1. The summed E-state index contributed by atoms with van der Waals surface area (Å²) >= 11 is 0. The second-order valence-corrected chi connectivity index (χ2v) is 4.83. The first-order chi connectivity index (χ1) is 8.83. The molecule has 1 aliphatic heterocycles. The first kappa shape index (κ1) is 12.9. The van der Waals surface area contributed by atoms with Crippen LogP contribution in [-0.2, 0) is 6.42 Å². The highest BCUT2D eigenvalue weighted by Crippen LogP contribution is 2.25. The van der Waals surface area contributed by atoms with Crippen molar-refractivity contribution in [2.45, 2.75) is 39.0 Å². The Morgan fingerprint density at radius 2 is 2.28 bits per heavy atom. The third-order valence-electron chi connectivity index (χ3n) is 3.39. The number of unbranched alkanes of at least 4 members (excludes halogenated alkanes) is 2. The van der Waals surface area contributed by atoms with Crippen molar-refractivity contribution in [1.29, 1.82) is 0 Å². The van der Waals surface area contributed by atoms with E-state index in [0.717, 1.165) is 43.6 Å². The fourth-order valence-electron chi connectivity index (χ4n) is 2.37. The molecular formula is C15H22N2O. The molecule has 0 saturated carbocycles. The maximum Gasteiger partial charge on any atom is 0.253 e. The van der Waals surface area contributed by atoms with Crippen LogP contribution in [0.25, 0.3) is 0 Å². The summed E-state index contributed by atoms with van der Waals surface area (Å²) in [6, 6.07) is 5.99. The molecule has 2 N–H and O–H groups in total. The van der Waals surface area contributed by atoms with Crippen molar-refractivity contribution in [2.75, 3.05) is 18.4 Å². The predicted octanol–water partition coefficient (Wildman–Crippen LogP) is 2.96. The Labute approximate surface area is 109 Å². The second-order valence-electron chi connectivity index (χ2n) is 4.83. The minimum Gasteiger partial charge on any atom is -0.384 e. The molecule has 98 valence electrons.